The molecule has 0 aliphatic heterocycles. The predicted molar refractivity (Wildman–Crippen MR) is 124 cm³/mol. The van der Waals surface area contributed by atoms with Gasteiger partial charge < -0.3 is 14.2 Å². The van der Waals surface area contributed by atoms with Crippen LogP contribution in [0.15, 0.2) is 47.2 Å². The number of H-pyrrole nitrogens is 1. The zero-order chi connectivity index (χ0) is 22.1. The summed E-state index contributed by atoms with van der Waals surface area (Å²) in [5.41, 5.74) is 4.83. The van der Waals surface area contributed by atoms with Gasteiger partial charge in [-0.15, -0.1) is 0 Å². The van der Waals surface area contributed by atoms with E-state index in [1.165, 1.54) is 0 Å². The summed E-state index contributed by atoms with van der Waals surface area (Å²) in [5, 5.41) is 8.19. The lowest BCUT2D eigenvalue weighted by molar-refractivity contribution is 0.324. The minimum absolute atomic E-state index is 0.530. The molecule has 0 fully saturated rings. The third kappa shape index (κ3) is 3.77. The number of imidazole rings is 1. The van der Waals surface area contributed by atoms with E-state index in [0.29, 0.717) is 27.0 Å². The minimum Gasteiger partial charge on any atom is -0.493 e. The summed E-state index contributed by atoms with van der Waals surface area (Å²) >= 11 is 9.95. The molecule has 4 rings (SSSR count). The number of ether oxygens (including phenoxy) is 3. The van der Waals surface area contributed by atoms with Gasteiger partial charge in [0.2, 0.25) is 5.75 Å². The van der Waals surface area contributed by atoms with Gasteiger partial charge in [-0.2, -0.15) is 5.10 Å². The normalized spacial score (nSPS) is 10.9. The average molecular weight is 504 g/mol. The molecule has 0 spiro atoms. The largest absolute Gasteiger partial charge is 0.493 e. The van der Waals surface area contributed by atoms with Crippen LogP contribution in [0, 0.1) is 6.92 Å². The molecule has 0 bridgehead atoms. The van der Waals surface area contributed by atoms with Crippen molar-refractivity contribution in [2.45, 2.75) is 6.92 Å². The van der Waals surface area contributed by atoms with Gasteiger partial charge in [0.05, 0.1) is 49.1 Å². The number of para-hydroxylation sites is 1. The molecule has 0 amide bonds. The average Bonchev–Trinajstić information content (AvgIpc) is 3.38. The molecular weight excluding hydrogens is 484 g/mol. The first kappa shape index (κ1) is 21.3. The Labute approximate surface area is 193 Å². The molecule has 2 aromatic heterocycles. The molecule has 160 valence electrons. The van der Waals surface area contributed by atoms with Crippen LogP contribution in [-0.4, -0.2) is 41.1 Å². The number of nitrogens with zero attached hydrogens (tertiary/aromatic N) is 3. The van der Waals surface area contributed by atoms with Crippen molar-refractivity contribution < 1.29 is 14.2 Å². The van der Waals surface area contributed by atoms with Crippen LogP contribution in [-0.2, 0) is 0 Å². The van der Waals surface area contributed by atoms with Crippen molar-refractivity contribution in [3.8, 4) is 45.6 Å². The van der Waals surface area contributed by atoms with E-state index in [0.717, 1.165) is 34.0 Å². The quantitative estimate of drug-likeness (QED) is 0.366. The van der Waals surface area contributed by atoms with Crippen LogP contribution >= 0.6 is 27.5 Å². The van der Waals surface area contributed by atoms with Gasteiger partial charge in [-0.1, -0.05) is 23.7 Å². The first-order valence-electron chi connectivity index (χ1n) is 9.34. The lowest BCUT2D eigenvalue weighted by atomic mass is 10.1. The molecule has 0 aliphatic carbocycles. The number of hydrogen-bond donors (Lipinski definition) is 1. The number of aromatic nitrogens is 4. The Morgan fingerprint density at radius 3 is 2.29 bits per heavy atom. The topological polar surface area (TPSA) is 74.2 Å². The van der Waals surface area contributed by atoms with Gasteiger partial charge in [-0.05, 0) is 53.2 Å². The van der Waals surface area contributed by atoms with E-state index in [2.05, 4.69) is 31.1 Å². The summed E-state index contributed by atoms with van der Waals surface area (Å²) in [7, 11) is 4.74. The van der Waals surface area contributed by atoms with Gasteiger partial charge >= 0.3 is 0 Å². The maximum atomic E-state index is 6.40. The standard InChI is InChI=1S/C22H20BrClN4O3/c1-12-20(25-22(23)28(12)17-8-6-5-7-14(17)24)16-11-15(26-27-16)13-9-18(29-2)21(31-4)19(10-13)30-3/h5-11H,1-4H3,(H,26,27). The second-order valence-corrected chi connectivity index (χ2v) is 7.80. The van der Waals surface area contributed by atoms with Crippen LogP contribution in [0.5, 0.6) is 17.2 Å². The number of rotatable bonds is 6. The predicted octanol–water partition coefficient (Wildman–Crippen LogP) is 5.68. The molecule has 1 N–H and O–H groups in total. The van der Waals surface area contributed by atoms with Gasteiger partial charge in [0, 0.05) is 5.56 Å². The molecule has 0 radical (unpaired) electrons. The third-order valence-electron chi connectivity index (χ3n) is 4.95. The Morgan fingerprint density at radius 2 is 1.68 bits per heavy atom. The first-order chi connectivity index (χ1) is 15.0. The Kier molecular flexibility index (Phi) is 5.93. The Bertz CT molecular complexity index is 1230. The van der Waals surface area contributed by atoms with Crippen molar-refractivity contribution in [3.05, 3.63) is 57.9 Å². The number of aromatic amines is 1. The lowest BCUT2D eigenvalue weighted by Crippen LogP contribution is -1.98. The van der Waals surface area contributed by atoms with E-state index in [9.17, 15) is 0 Å². The van der Waals surface area contributed by atoms with Crippen molar-refractivity contribution in [3.63, 3.8) is 0 Å². The van der Waals surface area contributed by atoms with E-state index >= 15 is 0 Å². The van der Waals surface area contributed by atoms with Crippen LogP contribution in [0.25, 0.3) is 28.3 Å². The van der Waals surface area contributed by atoms with Crippen molar-refractivity contribution in [2.75, 3.05) is 21.3 Å². The number of nitrogens with one attached hydrogen (secondary N) is 1. The fourth-order valence-electron chi connectivity index (χ4n) is 3.46. The summed E-state index contributed by atoms with van der Waals surface area (Å²) in [5.74, 6) is 1.65. The maximum Gasteiger partial charge on any atom is 0.203 e. The van der Waals surface area contributed by atoms with Gasteiger partial charge in [-0.25, -0.2) is 4.98 Å². The van der Waals surface area contributed by atoms with Gasteiger partial charge in [0.15, 0.2) is 16.2 Å². The summed E-state index contributed by atoms with van der Waals surface area (Å²) in [6.45, 7) is 1.98. The molecule has 0 atom stereocenters. The van der Waals surface area contributed by atoms with E-state index in [4.69, 9.17) is 25.8 Å². The smallest absolute Gasteiger partial charge is 0.203 e. The minimum atomic E-state index is 0.530. The van der Waals surface area contributed by atoms with Gasteiger partial charge in [-0.3, -0.25) is 9.67 Å². The van der Waals surface area contributed by atoms with Crippen LogP contribution in [0.2, 0.25) is 5.02 Å². The highest BCUT2D eigenvalue weighted by Gasteiger charge is 2.20. The molecule has 4 aromatic rings. The molecule has 0 saturated heterocycles. The molecule has 7 nitrogen and oxygen atoms in total. The Morgan fingerprint density at radius 1 is 1.00 bits per heavy atom. The first-order valence-corrected chi connectivity index (χ1v) is 10.5. The van der Waals surface area contributed by atoms with Crippen molar-refractivity contribution in [2.24, 2.45) is 0 Å². The van der Waals surface area contributed by atoms with Crippen molar-refractivity contribution >= 4 is 27.5 Å². The molecule has 9 heteroatoms. The van der Waals surface area contributed by atoms with Gasteiger partial charge in [0.1, 0.15) is 5.69 Å². The van der Waals surface area contributed by atoms with E-state index in [1.807, 2.05) is 54.0 Å². The van der Waals surface area contributed by atoms with E-state index in [1.54, 1.807) is 21.3 Å². The van der Waals surface area contributed by atoms with Crippen LogP contribution < -0.4 is 14.2 Å². The van der Waals surface area contributed by atoms with E-state index < -0.39 is 0 Å². The van der Waals surface area contributed by atoms with Crippen LogP contribution in [0.3, 0.4) is 0 Å². The fraction of sp³-hybridized carbons (Fsp3) is 0.182. The zero-order valence-corrected chi connectivity index (χ0v) is 19.7. The SMILES string of the molecule is COc1cc(-c2cc(-c3nc(Br)n(-c4ccccc4Cl)c3C)[nH]n2)cc(OC)c1OC. The molecule has 31 heavy (non-hydrogen) atoms. The number of methoxy groups -OCH3 is 3. The monoisotopic (exact) mass is 502 g/mol. The van der Waals surface area contributed by atoms with Gasteiger partial charge in [0.25, 0.3) is 0 Å². The summed E-state index contributed by atoms with van der Waals surface area (Å²) in [6.07, 6.45) is 0. The van der Waals surface area contributed by atoms with Crippen LogP contribution in [0.1, 0.15) is 5.69 Å². The molecular formula is C22H20BrClN4O3. The van der Waals surface area contributed by atoms with E-state index in [-0.39, 0.29) is 0 Å². The Balaban J connectivity index is 1.77. The number of hydrogen-bond acceptors (Lipinski definition) is 5. The van der Waals surface area contributed by atoms with Crippen molar-refractivity contribution in [1.29, 1.82) is 0 Å². The number of benzene rings is 2. The molecule has 0 unspecified atom stereocenters. The summed E-state index contributed by atoms with van der Waals surface area (Å²) < 4.78 is 18.9. The molecule has 2 aromatic carbocycles. The Hall–Kier alpha value is -2.97. The highest BCUT2D eigenvalue weighted by atomic mass is 79.9. The fourth-order valence-corrected chi connectivity index (χ4v) is 4.31. The van der Waals surface area contributed by atoms with Crippen LogP contribution in [0.4, 0.5) is 0 Å². The molecule has 2 heterocycles. The maximum absolute atomic E-state index is 6.40. The highest BCUT2D eigenvalue weighted by molar-refractivity contribution is 9.10. The summed E-state index contributed by atoms with van der Waals surface area (Å²) in [6, 6.07) is 13.3. The number of halogens is 2. The zero-order valence-electron chi connectivity index (χ0n) is 17.4. The molecule has 0 aliphatic rings. The third-order valence-corrected chi connectivity index (χ3v) is 5.81. The second-order valence-electron chi connectivity index (χ2n) is 6.68. The molecule has 0 saturated carbocycles. The highest BCUT2D eigenvalue weighted by Crippen LogP contribution is 2.41. The summed E-state index contributed by atoms with van der Waals surface area (Å²) in [4.78, 5) is 4.68. The van der Waals surface area contributed by atoms with Crippen molar-refractivity contribution in [1.82, 2.24) is 19.7 Å². The lowest BCUT2D eigenvalue weighted by Gasteiger charge is -2.13. The second kappa shape index (κ2) is 8.64.